The highest BCUT2D eigenvalue weighted by Crippen LogP contribution is 2.46. The van der Waals surface area contributed by atoms with Crippen molar-refractivity contribution in [2.75, 3.05) is 56.7 Å². The standard InChI is InChI=1S/C29H36BrN5O3/c1-33(2)17-29(9-10-29)18-38-28-31-24-16-34(25-14-21(37)13-19-5-3-7-23(30)26(19)25)12-8-22(24)27(32-28)35-11-4-6-20(36)15-35/h3,5,7,13-14,20,36-37H,4,6,8-12,15-18H2,1-2H3/t20-/m1/s1. The molecular weight excluding hydrogens is 546 g/mol. The number of fused-ring (bicyclic) bond motifs is 2. The van der Waals surface area contributed by atoms with Gasteiger partial charge in [-0.1, -0.05) is 28.1 Å². The number of aliphatic hydroxyl groups excluding tert-OH is 1. The van der Waals surface area contributed by atoms with Crippen LogP contribution in [0.1, 0.15) is 36.9 Å². The third kappa shape index (κ3) is 5.16. The first-order valence-corrected chi connectivity index (χ1v) is 14.4. The molecule has 0 unspecified atom stereocenters. The number of anilines is 2. The highest BCUT2D eigenvalue weighted by atomic mass is 79.9. The molecule has 0 bridgehead atoms. The van der Waals surface area contributed by atoms with Gasteiger partial charge in [-0.25, -0.2) is 0 Å². The van der Waals surface area contributed by atoms with E-state index in [1.54, 1.807) is 6.07 Å². The van der Waals surface area contributed by atoms with Crippen LogP contribution in [0.3, 0.4) is 0 Å². The lowest BCUT2D eigenvalue weighted by molar-refractivity contribution is 0.153. The Hall–Kier alpha value is -2.62. The van der Waals surface area contributed by atoms with E-state index < -0.39 is 0 Å². The Kier molecular flexibility index (Phi) is 6.86. The van der Waals surface area contributed by atoms with Crippen molar-refractivity contribution in [3.63, 3.8) is 0 Å². The molecule has 1 aromatic heterocycles. The van der Waals surface area contributed by atoms with Gasteiger partial charge in [0.05, 0.1) is 24.9 Å². The van der Waals surface area contributed by atoms with E-state index in [1.807, 2.05) is 24.3 Å². The third-order valence-corrected chi connectivity index (χ3v) is 8.73. The Morgan fingerprint density at radius 1 is 1.16 bits per heavy atom. The SMILES string of the molecule is CN(C)CC1(COc2nc3c(c(N4CCC[C@@H](O)C4)n2)CCN(c2cc(O)cc4cccc(Br)c24)C3)CC1. The van der Waals surface area contributed by atoms with Crippen LogP contribution in [0.4, 0.5) is 11.5 Å². The predicted molar refractivity (Wildman–Crippen MR) is 153 cm³/mol. The van der Waals surface area contributed by atoms with Crippen molar-refractivity contribution in [2.45, 2.75) is 44.8 Å². The zero-order valence-electron chi connectivity index (χ0n) is 22.2. The van der Waals surface area contributed by atoms with Gasteiger partial charge < -0.3 is 29.6 Å². The molecule has 8 nitrogen and oxygen atoms in total. The monoisotopic (exact) mass is 581 g/mol. The topological polar surface area (TPSA) is 85.2 Å². The summed E-state index contributed by atoms with van der Waals surface area (Å²) in [5.74, 6) is 1.16. The number of hydrogen-bond donors (Lipinski definition) is 2. The first-order chi connectivity index (χ1) is 18.3. The molecule has 202 valence electrons. The molecule has 2 fully saturated rings. The van der Waals surface area contributed by atoms with Crippen LogP contribution in [0.5, 0.6) is 11.8 Å². The smallest absolute Gasteiger partial charge is 0.318 e. The molecule has 3 aliphatic rings. The van der Waals surface area contributed by atoms with Crippen LogP contribution in [0.2, 0.25) is 0 Å². The lowest BCUT2D eigenvalue weighted by Gasteiger charge is -2.36. The number of aliphatic hydroxyl groups is 1. The van der Waals surface area contributed by atoms with E-state index in [0.29, 0.717) is 25.7 Å². The number of phenolic OH excluding ortho intramolecular Hbond substituents is 1. The summed E-state index contributed by atoms with van der Waals surface area (Å²) >= 11 is 3.73. The van der Waals surface area contributed by atoms with Crippen molar-refractivity contribution in [3.8, 4) is 11.8 Å². The van der Waals surface area contributed by atoms with E-state index in [-0.39, 0.29) is 17.3 Å². The maximum atomic E-state index is 10.5. The third-order valence-electron chi connectivity index (χ3n) is 8.07. The maximum absolute atomic E-state index is 10.5. The largest absolute Gasteiger partial charge is 0.508 e. The number of piperidine rings is 1. The average molecular weight is 583 g/mol. The molecule has 2 aromatic carbocycles. The quantitative estimate of drug-likeness (QED) is 0.426. The minimum absolute atomic E-state index is 0.184. The normalized spacial score (nSPS) is 20.6. The molecule has 0 spiro atoms. The van der Waals surface area contributed by atoms with Crippen molar-refractivity contribution >= 4 is 38.2 Å². The summed E-state index contributed by atoms with van der Waals surface area (Å²) in [5.41, 5.74) is 3.26. The zero-order valence-corrected chi connectivity index (χ0v) is 23.7. The number of aromatic nitrogens is 2. The highest BCUT2D eigenvalue weighted by molar-refractivity contribution is 9.10. The number of rotatable bonds is 7. The number of hydrogen-bond acceptors (Lipinski definition) is 8. The van der Waals surface area contributed by atoms with Gasteiger partial charge in [-0.15, -0.1) is 0 Å². The molecular formula is C29H36BrN5O3. The van der Waals surface area contributed by atoms with Gasteiger partial charge in [-0.2, -0.15) is 9.97 Å². The van der Waals surface area contributed by atoms with E-state index in [2.05, 4.69) is 44.7 Å². The van der Waals surface area contributed by atoms with Gasteiger partial charge in [0.25, 0.3) is 0 Å². The van der Waals surface area contributed by atoms with Crippen LogP contribution in [0.25, 0.3) is 10.8 Å². The van der Waals surface area contributed by atoms with E-state index >= 15 is 0 Å². The van der Waals surface area contributed by atoms with Crippen molar-refractivity contribution in [1.29, 1.82) is 0 Å². The second-order valence-electron chi connectivity index (χ2n) is 11.5. The first-order valence-electron chi connectivity index (χ1n) is 13.6. The van der Waals surface area contributed by atoms with E-state index in [4.69, 9.17) is 14.7 Å². The predicted octanol–water partition coefficient (Wildman–Crippen LogP) is 4.34. The highest BCUT2D eigenvalue weighted by Gasteiger charge is 2.44. The lowest BCUT2D eigenvalue weighted by atomic mass is 10.0. The Morgan fingerprint density at radius 3 is 2.76 bits per heavy atom. The van der Waals surface area contributed by atoms with Crippen molar-refractivity contribution in [2.24, 2.45) is 5.41 Å². The van der Waals surface area contributed by atoms with Crippen molar-refractivity contribution < 1.29 is 14.9 Å². The molecule has 6 rings (SSSR count). The second-order valence-corrected chi connectivity index (χ2v) is 12.4. The zero-order chi connectivity index (χ0) is 26.4. The van der Waals surface area contributed by atoms with Gasteiger partial charge in [0, 0.05) is 58.8 Å². The maximum Gasteiger partial charge on any atom is 0.318 e. The number of aromatic hydroxyl groups is 1. The average Bonchev–Trinajstić information content (AvgIpc) is 3.65. The summed E-state index contributed by atoms with van der Waals surface area (Å²) in [6, 6.07) is 10.1. The number of halogens is 1. The van der Waals surface area contributed by atoms with Crippen LogP contribution >= 0.6 is 15.9 Å². The molecule has 1 saturated heterocycles. The number of β-amino-alcohol motifs (C(OH)–C–C–N with tert-alkyl or cyclic N) is 1. The summed E-state index contributed by atoms with van der Waals surface area (Å²) in [7, 11) is 4.21. The molecule has 1 aliphatic carbocycles. The lowest BCUT2D eigenvalue weighted by Crippen LogP contribution is -2.41. The molecule has 2 aliphatic heterocycles. The molecule has 1 saturated carbocycles. The minimum Gasteiger partial charge on any atom is -0.508 e. The summed E-state index contributed by atoms with van der Waals surface area (Å²) in [5, 5.41) is 23.0. The fourth-order valence-corrected chi connectivity index (χ4v) is 6.66. The van der Waals surface area contributed by atoms with Gasteiger partial charge in [-0.05, 0) is 63.7 Å². The molecule has 1 atom stereocenters. The first kappa shape index (κ1) is 25.6. The van der Waals surface area contributed by atoms with Crippen LogP contribution in [0, 0.1) is 5.41 Å². The van der Waals surface area contributed by atoms with Gasteiger partial charge in [0.15, 0.2) is 0 Å². The van der Waals surface area contributed by atoms with Gasteiger partial charge in [0.2, 0.25) is 0 Å². The molecule has 9 heteroatoms. The van der Waals surface area contributed by atoms with E-state index in [1.165, 1.54) is 0 Å². The molecule has 0 radical (unpaired) electrons. The molecule has 3 aromatic rings. The van der Waals surface area contributed by atoms with Crippen LogP contribution in [0.15, 0.2) is 34.8 Å². The van der Waals surface area contributed by atoms with Gasteiger partial charge in [-0.3, -0.25) is 0 Å². The van der Waals surface area contributed by atoms with Gasteiger partial charge >= 0.3 is 6.01 Å². The summed E-state index contributed by atoms with van der Waals surface area (Å²) < 4.78 is 7.30. The fourth-order valence-electron chi connectivity index (χ4n) is 6.07. The van der Waals surface area contributed by atoms with E-state index in [9.17, 15) is 10.2 Å². The van der Waals surface area contributed by atoms with E-state index in [0.717, 1.165) is 89.7 Å². The summed E-state index contributed by atoms with van der Waals surface area (Å²) in [6.45, 7) is 4.45. The number of ether oxygens (including phenoxy) is 1. The Bertz CT molecular complexity index is 1350. The molecule has 0 amide bonds. The van der Waals surface area contributed by atoms with Crippen LogP contribution in [-0.2, 0) is 13.0 Å². The number of phenols is 1. The van der Waals surface area contributed by atoms with Crippen molar-refractivity contribution in [3.05, 3.63) is 46.1 Å². The second kappa shape index (κ2) is 10.2. The van der Waals surface area contributed by atoms with Crippen LogP contribution in [-0.4, -0.2) is 78.1 Å². The van der Waals surface area contributed by atoms with Crippen molar-refractivity contribution in [1.82, 2.24) is 14.9 Å². The molecule has 3 heterocycles. The number of nitrogens with zero attached hydrogens (tertiary/aromatic N) is 5. The fraction of sp³-hybridized carbons (Fsp3) is 0.517. The Morgan fingerprint density at radius 2 is 2.00 bits per heavy atom. The minimum atomic E-state index is -0.343. The summed E-state index contributed by atoms with van der Waals surface area (Å²) in [4.78, 5) is 16.6. The Balaban J connectivity index is 1.35. The van der Waals surface area contributed by atoms with Gasteiger partial charge in [0.1, 0.15) is 11.6 Å². The number of benzene rings is 2. The Labute approximate surface area is 232 Å². The summed E-state index contributed by atoms with van der Waals surface area (Å²) in [6.07, 6.45) is 4.53. The molecule has 2 N–H and O–H groups in total. The van der Waals surface area contributed by atoms with Crippen LogP contribution < -0.4 is 14.5 Å². The molecule has 38 heavy (non-hydrogen) atoms.